The fourth-order valence-electron chi connectivity index (χ4n) is 4.98. The van der Waals surface area contributed by atoms with E-state index in [4.69, 9.17) is 32.7 Å². The van der Waals surface area contributed by atoms with Crippen molar-refractivity contribution >= 4 is 46.5 Å². The van der Waals surface area contributed by atoms with Gasteiger partial charge in [-0.1, -0.05) is 35.3 Å². The zero-order valence-corrected chi connectivity index (χ0v) is 24.2. The molecule has 228 valence electrons. The highest BCUT2D eigenvalue weighted by atomic mass is 35.5. The SMILES string of the molecule is COC(=O)C(CN1CCN(CC(C(=O)OC)C(O)c2c(Cl)cccc2[N+](=O)[O-])CC1)C(O)c1c(Cl)cccc1[N+](=O)[O-]. The standard InChI is InChI=1S/C26H30Cl2N4O10/c1-41-25(35)15(23(33)21-17(27)5-3-7-19(21)31(37)38)13-29-9-11-30(12-10-29)14-16(26(36)42-2)24(34)22-18(28)6-4-8-20(22)32(39)40/h3-8,15-16,23-24,33-34H,9-14H2,1-2H3. The van der Waals surface area contributed by atoms with Gasteiger partial charge in [0.1, 0.15) is 12.2 Å². The number of rotatable bonds is 12. The molecule has 0 aromatic heterocycles. The summed E-state index contributed by atoms with van der Waals surface area (Å²) in [5.41, 5.74) is -1.25. The quantitative estimate of drug-likeness (QED) is 0.199. The summed E-state index contributed by atoms with van der Waals surface area (Å²) in [6.07, 6.45) is -3.26. The Bertz CT molecular complexity index is 1220. The maximum atomic E-state index is 12.7. The fourth-order valence-corrected chi connectivity index (χ4v) is 5.54. The second-order valence-electron chi connectivity index (χ2n) is 9.61. The summed E-state index contributed by atoms with van der Waals surface area (Å²) in [5, 5.41) is 45.1. The second kappa shape index (κ2) is 14.7. The lowest BCUT2D eigenvalue weighted by Crippen LogP contribution is -2.51. The Morgan fingerprint density at radius 1 is 0.786 bits per heavy atom. The molecule has 3 rings (SSSR count). The van der Waals surface area contributed by atoms with Crippen molar-refractivity contribution in [3.05, 3.63) is 77.8 Å². The topological polar surface area (TPSA) is 186 Å². The highest BCUT2D eigenvalue weighted by Gasteiger charge is 2.39. The molecule has 0 radical (unpaired) electrons. The van der Waals surface area contributed by atoms with E-state index in [0.717, 1.165) is 14.2 Å². The summed E-state index contributed by atoms with van der Waals surface area (Å²) >= 11 is 12.3. The van der Waals surface area contributed by atoms with Crippen molar-refractivity contribution in [1.29, 1.82) is 0 Å². The Labute approximate surface area is 250 Å². The van der Waals surface area contributed by atoms with Gasteiger partial charge < -0.3 is 19.7 Å². The number of esters is 2. The van der Waals surface area contributed by atoms with Gasteiger partial charge >= 0.3 is 11.9 Å². The third kappa shape index (κ3) is 7.51. The minimum Gasteiger partial charge on any atom is -0.469 e. The van der Waals surface area contributed by atoms with Gasteiger partial charge in [0.2, 0.25) is 0 Å². The van der Waals surface area contributed by atoms with Crippen molar-refractivity contribution in [3.63, 3.8) is 0 Å². The predicted octanol–water partition coefficient (Wildman–Crippen LogP) is 2.77. The number of carbonyl (C=O) groups is 2. The number of ether oxygens (including phenoxy) is 2. The van der Waals surface area contributed by atoms with Crippen molar-refractivity contribution in [3.8, 4) is 0 Å². The molecular weight excluding hydrogens is 599 g/mol. The predicted molar refractivity (Wildman–Crippen MR) is 150 cm³/mol. The van der Waals surface area contributed by atoms with Crippen LogP contribution < -0.4 is 0 Å². The van der Waals surface area contributed by atoms with Crippen molar-refractivity contribution in [2.45, 2.75) is 12.2 Å². The molecular formula is C26H30Cl2N4O10. The first kappa shape index (κ1) is 33.1. The van der Waals surface area contributed by atoms with Crippen LogP contribution in [0, 0.1) is 32.1 Å². The lowest BCUT2D eigenvalue weighted by Gasteiger charge is -2.38. The van der Waals surface area contributed by atoms with Crippen LogP contribution in [0.4, 0.5) is 11.4 Å². The summed E-state index contributed by atoms with van der Waals surface area (Å²) in [7, 11) is 2.28. The number of benzene rings is 2. The molecule has 4 atom stereocenters. The summed E-state index contributed by atoms with van der Waals surface area (Å²) in [6, 6.07) is 7.85. The zero-order valence-electron chi connectivity index (χ0n) is 22.7. The normalized spacial score (nSPS) is 17.1. The highest BCUT2D eigenvalue weighted by Crippen LogP contribution is 2.38. The molecule has 0 aliphatic carbocycles. The summed E-state index contributed by atoms with van der Waals surface area (Å²) in [6.45, 7) is 1.36. The summed E-state index contributed by atoms with van der Waals surface area (Å²) < 4.78 is 9.73. The first-order valence-electron chi connectivity index (χ1n) is 12.7. The molecule has 1 aliphatic rings. The smallest absolute Gasteiger partial charge is 0.312 e. The van der Waals surface area contributed by atoms with Gasteiger partial charge in [-0.25, -0.2) is 0 Å². The molecule has 1 fully saturated rings. The van der Waals surface area contributed by atoms with Gasteiger partial charge in [0.25, 0.3) is 11.4 Å². The van der Waals surface area contributed by atoms with Crippen LogP contribution in [0.1, 0.15) is 23.3 Å². The minimum absolute atomic E-state index is 0.0149. The molecule has 14 nitrogen and oxygen atoms in total. The van der Waals surface area contributed by atoms with E-state index in [-0.39, 0.29) is 34.3 Å². The zero-order chi connectivity index (χ0) is 31.1. The summed E-state index contributed by atoms with van der Waals surface area (Å²) in [4.78, 5) is 50.7. The van der Waals surface area contributed by atoms with Crippen LogP contribution in [0.2, 0.25) is 10.0 Å². The molecule has 2 aromatic carbocycles. The lowest BCUT2D eigenvalue weighted by molar-refractivity contribution is -0.386. The number of hydrogen-bond acceptors (Lipinski definition) is 12. The van der Waals surface area contributed by atoms with E-state index >= 15 is 0 Å². The number of nitro benzene ring substituents is 2. The van der Waals surface area contributed by atoms with E-state index < -0.39 is 57.2 Å². The molecule has 0 bridgehead atoms. The van der Waals surface area contributed by atoms with Gasteiger partial charge in [-0.15, -0.1) is 0 Å². The largest absolute Gasteiger partial charge is 0.469 e. The number of nitro groups is 2. The van der Waals surface area contributed by atoms with Crippen LogP contribution in [0.25, 0.3) is 0 Å². The van der Waals surface area contributed by atoms with Gasteiger partial charge in [0.15, 0.2) is 0 Å². The maximum Gasteiger partial charge on any atom is 0.312 e. The van der Waals surface area contributed by atoms with E-state index in [1.54, 1.807) is 0 Å². The van der Waals surface area contributed by atoms with Crippen LogP contribution in [0.3, 0.4) is 0 Å². The molecule has 0 amide bonds. The van der Waals surface area contributed by atoms with Gasteiger partial charge in [-0.2, -0.15) is 0 Å². The lowest BCUT2D eigenvalue weighted by atomic mass is 9.93. The third-order valence-corrected chi connectivity index (χ3v) is 7.85. The van der Waals surface area contributed by atoms with Gasteiger partial charge in [0.05, 0.1) is 57.1 Å². The number of hydrogen-bond donors (Lipinski definition) is 2. The number of halogens is 2. The van der Waals surface area contributed by atoms with E-state index in [0.29, 0.717) is 26.2 Å². The number of nitrogens with zero attached hydrogens (tertiary/aromatic N) is 4. The fraction of sp³-hybridized carbons (Fsp3) is 0.462. The molecule has 0 spiro atoms. The van der Waals surface area contributed by atoms with Gasteiger partial charge in [0, 0.05) is 51.4 Å². The average molecular weight is 629 g/mol. The Kier molecular flexibility index (Phi) is 11.6. The second-order valence-corrected chi connectivity index (χ2v) is 10.4. The van der Waals surface area contributed by atoms with Crippen molar-refractivity contribution in [2.75, 3.05) is 53.5 Å². The van der Waals surface area contributed by atoms with Crippen LogP contribution in [-0.2, 0) is 19.1 Å². The Hall–Kier alpha value is -3.40. The van der Waals surface area contributed by atoms with E-state index in [2.05, 4.69) is 0 Å². The molecule has 2 aromatic rings. The number of carbonyl (C=O) groups excluding carboxylic acids is 2. The highest BCUT2D eigenvalue weighted by molar-refractivity contribution is 6.32. The van der Waals surface area contributed by atoms with Crippen molar-refractivity contribution < 1.29 is 39.1 Å². The van der Waals surface area contributed by atoms with Crippen LogP contribution >= 0.6 is 23.2 Å². The van der Waals surface area contributed by atoms with E-state index in [9.17, 15) is 40.0 Å². The molecule has 1 heterocycles. The van der Waals surface area contributed by atoms with Crippen molar-refractivity contribution in [1.82, 2.24) is 9.80 Å². The first-order valence-corrected chi connectivity index (χ1v) is 13.5. The minimum atomic E-state index is -1.63. The van der Waals surface area contributed by atoms with Gasteiger partial charge in [-0.3, -0.25) is 39.6 Å². The number of aliphatic hydroxyl groups excluding tert-OH is 2. The average Bonchev–Trinajstić information content (AvgIpc) is 2.97. The van der Waals surface area contributed by atoms with E-state index in [1.807, 2.05) is 9.80 Å². The monoisotopic (exact) mass is 628 g/mol. The maximum absolute atomic E-state index is 12.7. The van der Waals surface area contributed by atoms with E-state index in [1.165, 1.54) is 36.4 Å². The molecule has 4 unspecified atom stereocenters. The third-order valence-electron chi connectivity index (χ3n) is 7.19. The molecule has 1 aliphatic heterocycles. The Morgan fingerprint density at radius 3 is 1.40 bits per heavy atom. The molecule has 16 heteroatoms. The Morgan fingerprint density at radius 2 is 1.12 bits per heavy atom. The van der Waals surface area contributed by atoms with Crippen LogP contribution in [0.15, 0.2) is 36.4 Å². The van der Waals surface area contributed by atoms with Crippen LogP contribution in [0.5, 0.6) is 0 Å². The molecule has 42 heavy (non-hydrogen) atoms. The first-order chi connectivity index (χ1) is 19.9. The number of piperazine rings is 1. The number of methoxy groups -OCH3 is 2. The molecule has 2 N–H and O–H groups in total. The molecule has 1 saturated heterocycles. The van der Waals surface area contributed by atoms with Crippen molar-refractivity contribution in [2.24, 2.45) is 11.8 Å². The Balaban J connectivity index is 1.75. The number of aliphatic hydroxyl groups is 2. The molecule has 0 saturated carbocycles. The van der Waals surface area contributed by atoms with Crippen LogP contribution in [-0.4, -0.2) is 95.3 Å². The summed E-state index contributed by atoms with van der Waals surface area (Å²) in [5.74, 6) is -3.97. The van der Waals surface area contributed by atoms with Gasteiger partial charge in [-0.05, 0) is 12.1 Å².